The predicted octanol–water partition coefficient (Wildman–Crippen LogP) is 12.9. The average molecular weight is 599 g/mol. The van der Waals surface area contributed by atoms with E-state index in [1.165, 1.54) is 72.3 Å². The summed E-state index contributed by atoms with van der Waals surface area (Å²) in [6.45, 7) is 0. The zero-order valence-corrected chi connectivity index (χ0v) is 26.1. The zero-order chi connectivity index (χ0) is 31.4. The third-order valence-electron chi connectivity index (χ3n) is 9.14. The molecule has 7 aromatic carbocycles. The second-order valence-corrected chi connectivity index (χ2v) is 12.0. The highest BCUT2D eigenvalue weighted by Crippen LogP contribution is 2.55. The van der Waals surface area contributed by atoms with Gasteiger partial charge in [-0.1, -0.05) is 200 Å². The molecule has 0 heteroatoms. The first-order valence-corrected chi connectivity index (χ1v) is 16.3. The Morgan fingerprint density at radius 2 is 0.468 bits per heavy atom. The Bertz CT molecular complexity index is 2060. The van der Waals surface area contributed by atoms with Gasteiger partial charge in [0.1, 0.15) is 0 Å². The van der Waals surface area contributed by atoms with Gasteiger partial charge in [0.2, 0.25) is 0 Å². The molecule has 1 aliphatic rings. The van der Waals surface area contributed by atoms with Gasteiger partial charge >= 0.3 is 0 Å². The van der Waals surface area contributed by atoms with Gasteiger partial charge in [-0.3, -0.25) is 0 Å². The first kappa shape index (κ1) is 28.5. The van der Waals surface area contributed by atoms with E-state index in [0.29, 0.717) is 5.92 Å². The lowest BCUT2D eigenvalue weighted by Gasteiger charge is -2.29. The molecule has 1 aliphatic carbocycles. The molecule has 0 heterocycles. The van der Waals surface area contributed by atoms with Gasteiger partial charge in [-0.15, -0.1) is 0 Å². The summed E-state index contributed by atoms with van der Waals surface area (Å²) in [5.41, 5.74) is 15.9. The maximum absolute atomic E-state index is 2.33. The first-order valence-electron chi connectivity index (χ1n) is 16.3. The fraction of sp³-hybridized carbons (Fsp3) is 0.0213. The van der Waals surface area contributed by atoms with Gasteiger partial charge in [0, 0.05) is 5.92 Å². The molecule has 0 bridgehead atoms. The van der Waals surface area contributed by atoms with E-state index in [1.807, 2.05) is 0 Å². The monoisotopic (exact) mass is 598 g/mol. The zero-order valence-electron chi connectivity index (χ0n) is 26.1. The van der Waals surface area contributed by atoms with Crippen LogP contribution in [0.25, 0.3) is 66.8 Å². The lowest BCUT2D eigenvalue weighted by molar-refractivity contribution is 1.10. The number of rotatable bonds is 7. The number of hydrogen-bond acceptors (Lipinski definition) is 0. The van der Waals surface area contributed by atoms with Crippen molar-refractivity contribution in [2.45, 2.75) is 5.92 Å². The summed E-state index contributed by atoms with van der Waals surface area (Å²) >= 11 is 0. The molecular formula is C47H34. The molecule has 8 rings (SSSR count). The molecule has 0 aromatic heterocycles. The van der Waals surface area contributed by atoms with Crippen LogP contribution < -0.4 is 0 Å². The van der Waals surface area contributed by atoms with E-state index in [4.69, 9.17) is 0 Å². The molecule has 0 aliphatic heterocycles. The Morgan fingerprint density at radius 1 is 0.234 bits per heavy atom. The smallest absolute Gasteiger partial charge is 0.0204 e. The maximum Gasteiger partial charge on any atom is 0.0204 e. The third-order valence-corrected chi connectivity index (χ3v) is 9.14. The van der Waals surface area contributed by atoms with Crippen LogP contribution in [0.2, 0.25) is 0 Å². The fourth-order valence-corrected chi connectivity index (χ4v) is 7.03. The Morgan fingerprint density at radius 3 is 0.723 bits per heavy atom. The van der Waals surface area contributed by atoms with Crippen molar-refractivity contribution in [2.75, 3.05) is 0 Å². The van der Waals surface area contributed by atoms with Crippen LogP contribution in [0.1, 0.15) is 11.5 Å². The van der Waals surface area contributed by atoms with Gasteiger partial charge in [-0.2, -0.15) is 0 Å². The summed E-state index contributed by atoms with van der Waals surface area (Å²) in [6, 6.07) is 64.0. The summed E-state index contributed by atoms with van der Waals surface area (Å²) in [6.07, 6.45) is 8.80. The third kappa shape index (κ3) is 5.45. The summed E-state index contributed by atoms with van der Waals surface area (Å²) in [4.78, 5) is 0. The molecular weight excluding hydrogens is 565 g/mol. The van der Waals surface area contributed by atoms with E-state index in [1.54, 1.807) is 0 Å². The number of hydrogen-bond donors (Lipinski definition) is 0. The Labute approximate surface area is 277 Å². The van der Waals surface area contributed by atoms with Gasteiger partial charge in [0.05, 0.1) is 0 Å². The molecule has 0 nitrogen and oxygen atoms in total. The number of benzene rings is 7. The van der Waals surface area contributed by atoms with Gasteiger partial charge in [0.15, 0.2) is 0 Å². The topological polar surface area (TPSA) is 0 Å². The van der Waals surface area contributed by atoms with Crippen molar-refractivity contribution in [1.29, 1.82) is 0 Å². The summed E-state index contributed by atoms with van der Waals surface area (Å²) in [7, 11) is 0. The molecule has 7 aromatic rings. The van der Waals surface area contributed by atoms with E-state index in [9.17, 15) is 0 Å². The van der Waals surface area contributed by atoms with Crippen molar-refractivity contribution in [3.8, 4) is 66.8 Å². The molecule has 0 atom stereocenters. The molecule has 0 fully saturated rings. The van der Waals surface area contributed by atoms with Crippen LogP contribution in [0.3, 0.4) is 0 Å². The molecule has 0 amide bonds. The van der Waals surface area contributed by atoms with Crippen LogP contribution in [0, 0.1) is 0 Å². The SMILES string of the molecule is C1=CC(c2ccc(-c3c(-c4ccccc4)c(-c4ccccc4)c(-c4ccccc4)c(-c4ccccc4)c3-c3ccccc3)cc2)C=C1. The average Bonchev–Trinajstić information content (AvgIpc) is 3.71. The van der Waals surface area contributed by atoms with E-state index in [-0.39, 0.29) is 0 Å². The van der Waals surface area contributed by atoms with E-state index < -0.39 is 0 Å². The Balaban J connectivity index is 1.61. The van der Waals surface area contributed by atoms with Crippen molar-refractivity contribution >= 4 is 0 Å². The predicted molar refractivity (Wildman–Crippen MR) is 200 cm³/mol. The lowest BCUT2D eigenvalue weighted by Crippen LogP contribution is -2.02. The van der Waals surface area contributed by atoms with Crippen molar-refractivity contribution < 1.29 is 0 Å². The van der Waals surface area contributed by atoms with Gasteiger partial charge in [-0.05, 0) is 72.3 Å². The molecule has 0 saturated carbocycles. The van der Waals surface area contributed by atoms with E-state index >= 15 is 0 Å². The van der Waals surface area contributed by atoms with Crippen LogP contribution in [0.5, 0.6) is 0 Å². The second-order valence-electron chi connectivity index (χ2n) is 12.0. The lowest BCUT2D eigenvalue weighted by atomic mass is 9.74. The summed E-state index contributed by atoms with van der Waals surface area (Å²) in [5, 5.41) is 0. The molecule has 0 radical (unpaired) electrons. The van der Waals surface area contributed by atoms with E-state index in [0.717, 1.165) is 0 Å². The normalized spacial score (nSPS) is 12.4. The van der Waals surface area contributed by atoms with Gasteiger partial charge in [-0.25, -0.2) is 0 Å². The Hall–Kier alpha value is -5.98. The summed E-state index contributed by atoms with van der Waals surface area (Å²) in [5.74, 6) is 0.312. The maximum atomic E-state index is 2.33. The molecule has 0 unspecified atom stereocenters. The molecule has 0 spiro atoms. The highest BCUT2D eigenvalue weighted by Gasteiger charge is 2.29. The minimum Gasteiger partial charge on any atom is -0.0732 e. The van der Waals surface area contributed by atoms with Crippen LogP contribution in [0.4, 0.5) is 0 Å². The highest BCUT2D eigenvalue weighted by atomic mass is 14.3. The standard InChI is InChI=1S/C47H34/c1-6-20-36(21-7-1)42-43(37-22-8-2-9-23-37)45(39-26-12-4-13-27-39)47(41-32-30-35(31-33-41)34-18-16-17-19-34)46(40-28-14-5-15-29-40)44(42)38-24-10-3-11-25-38/h1-34H. The van der Waals surface area contributed by atoms with Crippen molar-refractivity contribution in [3.05, 3.63) is 206 Å². The largest absolute Gasteiger partial charge is 0.0732 e. The van der Waals surface area contributed by atoms with Crippen molar-refractivity contribution in [1.82, 2.24) is 0 Å². The minimum atomic E-state index is 0.312. The van der Waals surface area contributed by atoms with E-state index in [2.05, 4.69) is 200 Å². The molecule has 0 N–H and O–H groups in total. The van der Waals surface area contributed by atoms with Crippen LogP contribution in [-0.4, -0.2) is 0 Å². The molecule has 222 valence electrons. The highest BCUT2D eigenvalue weighted by molar-refractivity contribution is 6.15. The quantitative estimate of drug-likeness (QED) is 0.171. The molecule has 47 heavy (non-hydrogen) atoms. The Kier molecular flexibility index (Phi) is 7.75. The van der Waals surface area contributed by atoms with Crippen molar-refractivity contribution in [3.63, 3.8) is 0 Å². The molecule has 0 saturated heterocycles. The van der Waals surface area contributed by atoms with Crippen LogP contribution in [-0.2, 0) is 0 Å². The van der Waals surface area contributed by atoms with Crippen LogP contribution >= 0.6 is 0 Å². The number of allylic oxidation sites excluding steroid dienone is 4. The van der Waals surface area contributed by atoms with Crippen molar-refractivity contribution in [2.24, 2.45) is 0 Å². The van der Waals surface area contributed by atoms with Crippen LogP contribution in [0.15, 0.2) is 200 Å². The van der Waals surface area contributed by atoms with Gasteiger partial charge in [0.25, 0.3) is 0 Å². The first-order chi connectivity index (χ1) is 23.4. The fourth-order valence-electron chi connectivity index (χ4n) is 7.03. The van der Waals surface area contributed by atoms with Gasteiger partial charge < -0.3 is 0 Å². The summed E-state index contributed by atoms with van der Waals surface area (Å²) < 4.78 is 0. The minimum absolute atomic E-state index is 0.312. The second kappa shape index (κ2) is 12.8.